The number of carboxylic acids is 1. The first-order chi connectivity index (χ1) is 12.4. The third-order valence-corrected chi connectivity index (χ3v) is 3.82. The molecular formula is C18H24N4O4. The van der Waals surface area contributed by atoms with Crippen molar-refractivity contribution in [3.8, 4) is 0 Å². The van der Waals surface area contributed by atoms with Gasteiger partial charge in [0.25, 0.3) is 0 Å². The summed E-state index contributed by atoms with van der Waals surface area (Å²) in [5.41, 5.74) is 1.70. The highest BCUT2D eigenvalue weighted by molar-refractivity contribution is 5.88. The number of amides is 3. The van der Waals surface area contributed by atoms with E-state index in [2.05, 4.69) is 20.9 Å². The van der Waals surface area contributed by atoms with Crippen LogP contribution in [-0.4, -0.2) is 47.1 Å². The molecule has 5 N–H and O–H groups in total. The van der Waals surface area contributed by atoms with Gasteiger partial charge in [-0.15, -0.1) is 0 Å². The Morgan fingerprint density at radius 1 is 1.15 bits per heavy atom. The lowest BCUT2D eigenvalue weighted by atomic mass is 10.1. The minimum atomic E-state index is -1.14. The lowest BCUT2D eigenvalue weighted by molar-refractivity contribution is -0.139. The average molecular weight is 360 g/mol. The zero-order chi connectivity index (χ0) is 19.1. The molecule has 0 spiro atoms. The van der Waals surface area contributed by atoms with Crippen molar-refractivity contribution in [2.75, 3.05) is 13.1 Å². The van der Waals surface area contributed by atoms with E-state index >= 15 is 0 Å². The molecule has 0 bridgehead atoms. The summed E-state index contributed by atoms with van der Waals surface area (Å²) in [5.74, 6) is -1.16. The number of carbonyl (C=O) groups excluding carboxylic acids is 2. The van der Waals surface area contributed by atoms with E-state index in [1.54, 1.807) is 6.20 Å². The second kappa shape index (κ2) is 8.89. The Labute approximate surface area is 151 Å². The molecule has 8 nitrogen and oxygen atoms in total. The fourth-order valence-corrected chi connectivity index (χ4v) is 2.47. The summed E-state index contributed by atoms with van der Waals surface area (Å²) in [4.78, 5) is 38.1. The molecule has 0 aliphatic heterocycles. The number of nitrogens with one attached hydrogen (secondary N) is 4. The Morgan fingerprint density at radius 2 is 1.88 bits per heavy atom. The van der Waals surface area contributed by atoms with Gasteiger partial charge in [-0.25, -0.2) is 9.59 Å². The fraction of sp³-hybridized carbons (Fsp3) is 0.389. The summed E-state index contributed by atoms with van der Waals surface area (Å²) in [6.45, 7) is 4.23. The number of aromatic amines is 1. The van der Waals surface area contributed by atoms with Gasteiger partial charge in [0.15, 0.2) is 0 Å². The van der Waals surface area contributed by atoms with Crippen LogP contribution in [-0.2, 0) is 16.0 Å². The maximum atomic E-state index is 11.9. The molecule has 0 radical (unpaired) electrons. The van der Waals surface area contributed by atoms with Crippen LogP contribution in [0.1, 0.15) is 19.4 Å². The van der Waals surface area contributed by atoms with Crippen molar-refractivity contribution in [2.24, 2.45) is 5.92 Å². The molecule has 1 aromatic carbocycles. The number of carbonyl (C=O) groups is 3. The lowest BCUT2D eigenvalue weighted by Crippen LogP contribution is -2.49. The fourth-order valence-electron chi connectivity index (χ4n) is 2.47. The number of aliphatic carboxylic acids is 1. The molecule has 26 heavy (non-hydrogen) atoms. The smallest absolute Gasteiger partial charge is 0.326 e. The van der Waals surface area contributed by atoms with E-state index in [0.29, 0.717) is 12.5 Å². The zero-order valence-electron chi connectivity index (χ0n) is 14.8. The highest BCUT2D eigenvalue weighted by atomic mass is 16.4. The van der Waals surface area contributed by atoms with E-state index in [4.69, 9.17) is 0 Å². The summed E-state index contributed by atoms with van der Waals surface area (Å²) >= 11 is 0. The van der Waals surface area contributed by atoms with Crippen molar-refractivity contribution in [3.63, 3.8) is 0 Å². The Bertz CT molecular complexity index is 784. The molecule has 3 amide bonds. The van der Waals surface area contributed by atoms with Crippen LogP contribution in [0, 0.1) is 5.92 Å². The molecule has 0 aliphatic carbocycles. The van der Waals surface area contributed by atoms with E-state index in [1.807, 2.05) is 38.1 Å². The van der Waals surface area contributed by atoms with Gasteiger partial charge in [0.2, 0.25) is 5.91 Å². The number of carboxylic acid groups (broad SMARTS) is 1. The van der Waals surface area contributed by atoms with Crippen molar-refractivity contribution >= 4 is 28.8 Å². The minimum absolute atomic E-state index is 0.131. The number of hydrogen-bond acceptors (Lipinski definition) is 3. The normalized spacial score (nSPS) is 12.0. The highest BCUT2D eigenvalue weighted by Gasteiger charge is 2.22. The molecule has 2 rings (SSSR count). The molecule has 0 saturated carbocycles. The van der Waals surface area contributed by atoms with E-state index in [-0.39, 0.29) is 18.9 Å². The van der Waals surface area contributed by atoms with Gasteiger partial charge in [0.05, 0.1) is 6.54 Å². The number of H-pyrrole nitrogens is 1. The van der Waals surface area contributed by atoms with Crippen molar-refractivity contribution in [1.82, 2.24) is 20.9 Å². The molecule has 8 heteroatoms. The number of para-hydroxylation sites is 1. The lowest BCUT2D eigenvalue weighted by Gasteiger charge is -2.15. The quantitative estimate of drug-likeness (QED) is 0.486. The monoisotopic (exact) mass is 360 g/mol. The average Bonchev–Trinajstić information content (AvgIpc) is 3.00. The summed E-state index contributed by atoms with van der Waals surface area (Å²) in [6.07, 6.45) is 1.87. The molecule has 0 unspecified atom stereocenters. The second-order valence-corrected chi connectivity index (χ2v) is 6.48. The summed E-state index contributed by atoms with van der Waals surface area (Å²) < 4.78 is 0. The maximum Gasteiger partial charge on any atom is 0.326 e. The number of hydrogen-bond donors (Lipinski definition) is 5. The number of rotatable bonds is 8. The SMILES string of the molecule is CC(C)CNC(=O)CNC(=O)N[C@@H](Cc1c[nH]c2ccccc12)C(=O)O. The molecular weight excluding hydrogens is 336 g/mol. The predicted octanol–water partition coefficient (Wildman–Crippen LogP) is 1.24. The number of benzene rings is 1. The zero-order valence-corrected chi connectivity index (χ0v) is 14.8. The van der Waals surface area contributed by atoms with Gasteiger partial charge in [0.1, 0.15) is 6.04 Å². The van der Waals surface area contributed by atoms with Crippen LogP contribution in [0.15, 0.2) is 30.5 Å². The van der Waals surface area contributed by atoms with Crippen molar-refractivity contribution in [3.05, 3.63) is 36.0 Å². The van der Waals surface area contributed by atoms with E-state index in [0.717, 1.165) is 16.5 Å². The summed E-state index contributed by atoms with van der Waals surface area (Å²) in [6, 6.07) is 5.73. The first kappa shape index (κ1) is 19.3. The van der Waals surface area contributed by atoms with Crippen LogP contribution < -0.4 is 16.0 Å². The van der Waals surface area contributed by atoms with Gasteiger partial charge in [-0.3, -0.25) is 4.79 Å². The molecule has 0 fully saturated rings. The maximum absolute atomic E-state index is 11.9. The van der Waals surface area contributed by atoms with Crippen molar-refractivity contribution < 1.29 is 19.5 Å². The van der Waals surface area contributed by atoms with E-state index < -0.39 is 18.0 Å². The number of fused-ring (bicyclic) bond motifs is 1. The first-order valence-corrected chi connectivity index (χ1v) is 8.45. The van der Waals surface area contributed by atoms with Crippen LogP contribution in [0.2, 0.25) is 0 Å². The number of urea groups is 1. The minimum Gasteiger partial charge on any atom is -0.480 e. The van der Waals surface area contributed by atoms with Crippen molar-refractivity contribution in [1.29, 1.82) is 0 Å². The van der Waals surface area contributed by atoms with Gasteiger partial charge in [-0.2, -0.15) is 0 Å². The Hall–Kier alpha value is -3.03. The molecule has 2 aromatic rings. The van der Waals surface area contributed by atoms with Crippen molar-refractivity contribution in [2.45, 2.75) is 26.3 Å². The Morgan fingerprint density at radius 3 is 2.58 bits per heavy atom. The van der Waals surface area contributed by atoms with Crippen LogP contribution in [0.25, 0.3) is 10.9 Å². The van der Waals surface area contributed by atoms with Crippen LogP contribution in [0.5, 0.6) is 0 Å². The first-order valence-electron chi connectivity index (χ1n) is 8.45. The predicted molar refractivity (Wildman–Crippen MR) is 97.8 cm³/mol. The molecule has 0 saturated heterocycles. The van der Waals surface area contributed by atoms with Crippen LogP contribution in [0.4, 0.5) is 4.79 Å². The Kier molecular flexibility index (Phi) is 6.60. The third kappa shape index (κ3) is 5.51. The second-order valence-electron chi connectivity index (χ2n) is 6.48. The molecule has 1 atom stereocenters. The third-order valence-electron chi connectivity index (χ3n) is 3.82. The summed E-state index contributed by atoms with van der Waals surface area (Å²) in [5, 5.41) is 17.7. The van der Waals surface area contributed by atoms with Gasteiger partial charge < -0.3 is 26.0 Å². The van der Waals surface area contributed by atoms with E-state index in [1.165, 1.54) is 0 Å². The van der Waals surface area contributed by atoms with Gasteiger partial charge >= 0.3 is 12.0 Å². The van der Waals surface area contributed by atoms with E-state index in [9.17, 15) is 19.5 Å². The summed E-state index contributed by atoms with van der Waals surface area (Å²) in [7, 11) is 0. The Balaban J connectivity index is 1.90. The topological polar surface area (TPSA) is 123 Å². The number of aromatic nitrogens is 1. The van der Waals surface area contributed by atoms with Gasteiger partial charge in [0, 0.05) is 30.1 Å². The van der Waals surface area contributed by atoms with Gasteiger partial charge in [-0.05, 0) is 17.5 Å². The molecule has 140 valence electrons. The van der Waals surface area contributed by atoms with Crippen LogP contribution in [0.3, 0.4) is 0 Å². The van der Waals surface area contributed by atoms with Crippen LogP contribution >= 0.6 is 0 Å². The molecule has 0 aliphatic rings. The largest absolute Gasteiger partial charge is 0.480 e. The highest BCUT2D eigenvalue weighted by Crippen LogP contribution is 2.19. The standard InChI is InChI=1S/C18H24N4O4/c1-11(2)8-20-16(23)10-21-18(26)22-15(17(24)25)7-12-9-19-14-6-4-3-5-13(12)14/h3-6,9,11,15,19H,7-8,10H2,1-2H3,(H,20,23)(H,24,25)(H2,21,22,26)/t15-/m0/s1. The van der Waals surface area contributed by atoms with Gasteiger partial charge in [-0.1, -0.05) is 32.0 Å². The molecule has 1 aromatic heterocycles. The molecule has 1 heterocycles.